The molecule has 0 saturated carbocycles. The highest BCUT2D eigenvalue weighted by Gasteiger charge is 2.35. The van der Waals surface area contributed by atoms with E-state index < -0.39 is 0 Å². The van der Waals surface area contributed by atoms with Crippen LogP contribution in [0.5, 0.6) is 0 Å². The van der Waals surface area contributed by atoms with E-state index in [1.807, 2.05) is 43.3 Å². The van der Waals surface area contributed by atoms with Crippen molar-refractivity contribution in [1.82, 2.24) is 30.0 Å². The van der Waals surface area contributed by atoms with Crippen molar-refractivity contribution < 1.29 is 13.6 Å². The highest BCUT2D eigenvalue weighted by Crippen LogP contribution is 2.34. The summed E-state index contributed by atoms with van der Waals surface area (Å²) in [6.45, 7) is 2.35. The first kappa shape index (κ1) is 20.2. The molecule has 0 bridgehead atoms. The number of aromatic nitrogens is 5. The van der Waals surface area contributed by atoms with E-state index in [0.29, 0.717) is 29.8 Å². The Kier molecular flexibility index (Phi) is 5.55. The minimum Gasteiger partial charge on any atom is -0.467 e. The van der Waals surface area contributed by atoms with Crippen LogP contribution in [-0.4, -0.2) is 47.3 Å². The Morgan fingerprint density at radius 1 is 1.22 bits per heavy atom. The molecule has 0 spiro atoms. The summed E-state index contributed by atoms with van der Waals surface area (Å²) in [5.41, 5.74) is 3.00. The number of rotatable bonds is 7. The van der Waals surface area contributed by atoms with Crippen LogP contribution >= 0.6 is 11.8 Å². The van der Waals surface area contributed by atoms with Gasteiger partial charge < -0.3 is 8.83 Å². The van der Waals surface area contributed by atoms with Crippen LogP contribution in [0.2, 0.25) is 0 Å². The zero-order chi connectivity index (χ0) is 21.9. The van der Waals surface area contributed by atoms with Crippen molar-refractivity contribution in [3.63, 3.8) is 0 Å². The SMILES string of the molecule is Cc1ccc(C2=NN(C(=O)CSc3nnc(Cn4cncn4)o3)C(c3ccco3)C2)cc1. The predicted octanol–water partition coefficient (Wildman–Crippen LogP) is 3.08. The Morgan fingerprint density at radius 3 is 2.84 bits per heavy atom. The number of nitrogens with zero attached hydrogens (tertiary/aromatic N) is 7. The Labute approximate surface area is 187 Å². The quantitative estimate of drug-likeness (QED) is 0.395. The van der Waals surface area contributed by atoms with Crippen molar-refractivity contribution in [3.05, 3.63) is 78.1 Å². The standard InChI is InChI=1S/C21H19N7O3S/c1-14-4-6-15(7-5-14)16-9-17(18-3-2-8-30-18)28(26-16)20(29)11-32-21-25-24-19(31-21)10-27-13-22-12-23-27/h2-8,12-13,17H,9-11H2,1H3. The highest BCUT2D eigenvalue weighted by molar-refractivity contribution is 7.99. The first-order valence-electron chi connectivity index (χ1n) is 9.93. The molecule has 4 aromatic rings. The van der Waals surface area contributed by atoms with E-state index in [4.69, 9.17) is 8.83 Å². The number of hydrazone groups is 1. The number of hydrogen-bond acceptors (Lipinski definition) is 9. The van der Waals surface area contributed by atoms with Crippen molar-refractivity contribution in [1.29, 1.82) is 0 Å². The van der Waals surface area contributed by atoms with Crippen molar-refractivity contribution in [2.24, 2.45) is 5.10 Å². The Hall–Kier alpha value is -3.73. The molecular weight excluding hydrogens is 430 g/mol. The predicted molar refractivity (Wildman–Crippen MR) is 115 cm³/mol. The Balaban J connectivity index is 1.29. The van der Waals surface area contributed by atoms with E-state index >= 15 is 0 Å². The van der Waals surface area contributed by atoms with Crippen LogP contribution in [0.3, 0.4) is 0 Å². The van der Waals surface area contributed by atoms with Crippen LogP contribution in [-0.2, 0) is 11.3 Å². The molecule has 162 valence electrons. The number of carbonyl (C=O) groups excluding carboxylic acids is 1. The molecule has 4 heterocycles. The average Bonchev–Trinajstić information content (AvgIpc) is 3.60. The van der Waals surface area contributed by atoms with E-state index in [1.54, 1.807) is 17.3 Å². The maximum absolute atomic E-state index is 13.1. The summed E-state index contributed by atoms with van der Waals surface area (Å²) >= 11 is 1.17. The minimum absolute atomic E-state index is 0.104. The average molecular weight is 449 g/mol. The molecule has 32 heavy (non-hydrogen) atoms. The van der Waals surface area contributed by atoms with Crippen LogP contribution in [0.25, 0.3) is 0 Å². The second-order valence-corrected chi connectivity index (χ2v) is 8.16. The third kappa shape index (κ3) is 4.33. The maximum Gasteiger partial charge on any atom is 0.277 e. The number of benzene rings is 1. The fourth-order valence-corrected chi connectivity index (χ4v) is 4.00. The minimum atomic E-state index is -0.292. The smallest absolute Gasteiger partial charge is 0.277 e. The summed E-state index contributed by atoms with van der Waals surface area (Å²) in [7, 11) is 0. The van der Waals surface area contributed by atoms with Gasteiger partial charge in [0, 0.05) is 6.42 Å². The first-order valence-corrected chi connectivity index (χ1v) is 10.9. The molecule has 0 fully saturated rings. The lowest BCUT2D eigenvalue weighted by Gasteiger charge is -2.19. The summed E-state index contributed by atoms with van der Waals surface area (Å²) in [4.78, 5) is 16.9. The van der Waals surface area contributed by atoms with Gasteiger partial charge in [-0.2, -0.15) is 10.2 Å². The van der Waals surface area contributed by atoms with E-state index in [2.05, 4.69) is 25.4 Å². The molecule has 3 aromatic heterocycles. The van der Waals surface area contributed by atoms with Crippen molar-refractivity contribution in [2.75, 3.05) is 5.75 Å². The van der Waals surface area contributed by atoms with Gasteiger partial charge in [-0.1, -0.05) is 41.6 Å². The van der Waals surface area contributed by atoms with E-state index in [1.165, 1.54) is 28.7 Å². The molecule has 1 aliphatic rings. The molecule has 1 amide bonds. The van der Waals surface area contributed by atoms with Gasteiger partial charge in [-0.15, -0.1) is 10.2 Å². The maximum atomic E-state index is 13.1. The molecule has 11 heteroatoms. The number of furan rings is 1. The topological polar surface area (TPSA) is 115 Å². The van der Waals surface area contributed by atoms with E-state index in [9.17, 15) is 4.79 Å². The fourth-order valence-electron chi connectivity index (χ4n) is 3.37. The zero-order valence-electron chi connectivity index (χ0n) is 17.2. The van der Waals surface area contributed by atoms with Gasteiger partial charge in [0.2, 0.25) is 5.89 Å². The van der Waals surface area contributed by atoms with E-state index in [0.717, 1.165) is 11.3 Å². The molecule has 0 aliphatic carbocycles. The fraction of sp³-hybridized carbons (Fsp3) is 0.238. The summed E-state index contributed by atoms with van der Waals surface area (Å²) in [6.07, 6.45) is 5.18. The molecule has 1 unspecified atom stereocenters. The molecule has 1 aromatic carbocycles. The molecular formula is C21H19N7O3S. The molecule has 0 radical (unpaired) electrons. The van der Waals surface area contributed by atoms with Gasteiger partial charge >= 0.3 is 0 Å². The number of carbonyl (C=O) groups is 1. The Bertz CT molecular complexity index is 1220. The lowest BCUT2D eigenvalue weighted by Crippen LogP contribution is -2.28. The van der Waals surface area contributed by atoms with E-state index in [-0.39, 0.29) is 17.7 Å². The van der Waals surface area contributed by atoms with Gasteiger partial charge in [0.05, 0.1) is 17.7 Å². The van der Waals surface area contributed by atoms with Crippen molar-refractivity contribution >= 4 is 23.4 Å². The summed E-state index contributed by atoms with van der Waals surface area (Å²) in [5, 5.41) is 18.4. The zero-order valence-corrected chi connectivity index (χ0v) is 18.0. The molecule has 10 nitrogen and oxygen atoms in total. The van der Waals surface area contributed by atoms with Crippen molar-refractivity contribution in [3.8, 4) is 0 Å². The summed E-state index contributed by atoms with van der Waals surface area (Å²) < 4.78 is 12.8. The van der Waals surface area contributed by atoms with Gasteiger partial charge in [0.25, 0.3) is 11.1 Å². The lowest BCUT2D eigenvalue weighted by molar-refractivity contribution is -0.130. The van der Waals surface area contributed by atoms with Gasteiger partial charge in [-0.3, -0.25) is 4.79 Å². The monoisotopic (exact) mass is 449 g/mol. The molecule has 1 aliphatic heterocycles. The van der Waals surface area contributed by atoms with Gasteiger partial charge in [0.1, 0.15) is 31.0 Å². The van der Waals surface area contributed by atoms with Crippen LogP contribution < -0.4 is 0 Å². The van der Waals surface area contributed by atoms with Crippen LogP contribution in [0.4, 0.5) is 0 Å². The number of hydrogen-bond donors (Lipinski definition) is 0. The number of amides is 1. The third-order valence-corrected chi connectivity index (χ3v) is 5.76. The normalized spacial score (nSPS) is 15.8. The van der Waals surface area contributed by atoms with Crippen LogP contribution in [0.15, 0.2) is 74.5 Å². The number of aryl methyl sites for hydroxylation is 1. The molecule has 0 saturated heterocycles. The second kappa shape index (κ2) is 8.79. The lowest BCUT2D eigenvalue weighted by atomic mass is 10.0. The number of thioether (sulfide) groups is 1. The molecule has 1 atom stereocenters. The van der Waals surface area contributed by atoms with Gasteiger partial charge in [0.15, 0.2) is 0 Å². The molecule has 5 rings (SSSR count). The van der Waals surface area contributed by atoms with Crippen molar-refractivity contribution in [2.45, 2.75) is 31.2 Å². The molecule has 0 N–H and O–H groups in total. The second-order valence-electron chi connectivity index (χ2n) is 7.23. The van der Waals surface area contributed by atoms with Crippen LogP contribution in [0, 0.1) is 6.92 Å². The highest BCUT2D eigenvalue weighted by atomic mass is 32.2. The Morgan fingerprint density at radius 2 is 2.09 bits per heavy atom. The van der Waals surface area contributed by atoms with Gasteiger partial charge in [-0.05, 0) is 24.6 Å². The third-order valence-electron chi connectivity index (χ3n) is 4.95. The van der Waals surface area contributed by atoms with Crippen LogP contribution in [0.1, 0.15) is 35.2 Å². The van der Waals surface area contributed by atoms with Gasteiger partial charge in [-0.25, -0.2) is 14.7 Å². The first-order chi connectivity index (χ1) is 15.7. The largest absolute Gasteiger partial charge is 0.467 e. The summed E-state index contributed by atoms with van der Waals surface area (Å²) in [6, 6.07) is 11.5. The summed E-state index contributed by atoms with van der Waals surface area (Å²) in [5.74, 6) is 1.02.